The monoisotopic (exact) mass is 504 g/mol. The Labute approximate surface area is 191 Å². The molecule has 0 bridgehead atoms. The number of alkyl halides is 3. The molecule has 0 aliphatic heterocycles. The second kappa shape index (κ2) is 9.41. The van der Waals surface area contributed by atoms with Crippen molar-refractivity contribution in [3.8, 4) is 11.8 Å². The predicted molar refractivity (Wildman–Crippen MR) is 113 cm³/mol. The fraction of sp³-hybridized carbons (Fsp3) is 0.400. The van der Waals surface area contributed by atoms with Gasteiger partial charge < -0.3 is 0 Å². The molecule has 2 rings (SSSR count). The van der Waals surface area contributed by atoms with E-state index in [9.17, 15) is 45.6 Å². The summed E-state index contributed by atoms with van der Waals surface area (Å²) in [5.74, 6) is -3.76. The van der Waals surface area contributed by atoms with Crippen molar-refractivity contribution in [3.05, 3.63) is 56.1 Å². The Balaban J connectivity index is 2.99. The molecular formula is C20H20F4N4O5S. The first kappa shape index (κ1) is 26.8. The maximum Gasteiger partial charge on any atom is 0.431 e. The molecule has 0 spiro atoms. The van der Waals surface area contributed by atoms with Gasteiger partial charge in [0, 0.05) is 19.0 Å². The lowest BCUT2D eigenvalue weighted by Crippen LogP contribution is -2.43. The van der Waals surface area contributed by atoms with Crippen molar-refractivity contribution in [2.45, 2.75) is 33.4 Å². The first-order chi connectivity index (χ1) is 15.6. The summed E-state index contributed by atoms with van der Waals surface area (Å²) in [5, 5.41) is 9.44. The third-order valence-electron chi connectivity index (χ3n) is 5.13. The summed E-state index contributed by atoms with van der Waals surface area (Å²) in [6.07, 6.45) is -4.85. The van der Waals surface area contributed by atoms with E-state index in [0.29, 0.717) is 23.5 Å². The van der Waals surface area contributed by atoms with E-state index >= 15 is 0 Å². The summed E-state index contributed by atoms with van der Waals surface area (Å²) in [7, 11) is -3.66. The largest absolute Gasteiger partial charge is 0.431 e. The number of nitrogens with zero attached hydrogens (tertiary/aromatic N) is 4. The zero-order valence-electron chi connectivity index (χ0n) is 18.5. The zero-order valence-corrected chi connectivity index (χ0v) is 19.3. The Morgan fingerprint density at radius 2 is 1.79 bits per heavy atom. The van der Waals surface area contributed by atoms with Crippen molar-refractivity contribution in [2.75, 3.05) is 10.1 Å². The van der Waals surface area contributed by atoms with Gasteiger partial charge in [-0.1, -0.05) is 13.8 Å². The van der Waals surface area contributed by atoms with Crippen molar-refractivity contribution in [3.63, 3.8) is 0 Å². The summed E-state index contributed by atoms with van der Waals surface area (Å²) in [4.78, 5) is 37.9. The molecule has 1 heterocycles. The van der Waals surface area contributed by atoms with Crippen LogP contribution in [0, 0.1) is 23.1 Å². The fourth-order valence-electron chi connectivity index (χ4n) is 3.01. The summed E-state index contributed by atoms with van der Waals surface area (Å²) in [6.45, 7) is 4.25. The second-order valence-electron chi connectivity index (χ2n) is 7.29. The third kappa shape index (κ3) is 4.74. The van der Waals surface area contributed by atoms with E-state index in [0.717, 1.165) is 0 Å². The molecule has 0 N–H and O–H groups in total. The van der Waals surface area contributed by atoms with Gasteiger partial charge >= 0.3 is 11.9 Å². The third-order valence-corrected chi connectivity index (χ3v) is 6.80. The molecule has 1 aromatic carbocycles. The van der Waals surface area contributed by atoms with Crippen LogP contribution in [-0.2, 0) is 28.0 Å². The Morgan fingerprint density at radius 1 is 1.21 bits per heavy atom. The fourth-order valence-corrected chi connectivity index (χ4v) is 4.17. The summed E-state index contributed by atoms with van der Waals surface area (Å²) in [6, 6.07) is 2.73. The molecule has 0 aliphatic rings. The van der Waals surface area contributed by atoms with Crippen LogP contribution in [-0.4, -0.2) is 29.2 Å². The number of benzene rings is 1. The van der Waals surface area contributed by atoms with Crippen molar-refractivity contribution < 1.29 is 30.8 Å². The van der Waals surface area contributed by atoms with Crippen LogP contribution in [0.2, 0.25) is 0 Å². The first-order valence-corrected chi connectivity index (χ1v) is 11.4. The van der Waals surface area contributed by atoms with Gasteiger partial charge in [-0.15, -0.1) is 0 Å². The number of carbonyl (C=O) groups excluding carboxylic acids is 1. The number of halogens is 4. The van der Waals surface area contributed by atoms with Gasteiger partial charge in [0.1, 0.15) is 17.6 Å². The SMILES string of the molecule is CCC(C)C(=O)N(c1cc(-n2c(=O)cc(C(F)(F)F)n(C)c2=O)c(F)cc1C#N)S(=O)(=O)CC. The van der Waals surface area contributed by atoms with E-state index in [2.05, 4.69) is 0 Å². The Morgan fingerprint density at radius 3 is 2.26 bits per heavy atom. The van der Waals surface area contributed by atoms with Crippen molar-refractivity contribution in [1.82, 2.24) is 9.13 Å². The van der Waals surface area contributed by atoms with Gasteiger partial charge in [-0.25, -0.2) is 26.5 Å². The molecule has 9 nitrogen and oxygen atoms in total. The number of sulfonamides is 1. The van der Waals surface area contributed by atoms with E-state index in [1.165, 1.54) is 13.8 Å². The Bertz CT molecular complexity index is 1400. The van der Waals surface area contributed by atoms with Crippen molar-refractivity contribution in [2.24, 2.45) is 13.0 Å². The number of carbonyl (C=O) groups is 1. The molecule has 1 amide bonds. The average Bonchev–Trinajstić information content (AvgIpc) is 2.76. The van der Waals surface area contributed by atoms with Crippen LogP contribution in [0.15, 0.2) is 27.8 Å². The number of hydrogen-bond acceptors (Lipinski definition) is 6. The highest BCUT2D eigenvalue weighted by Crippen LogP contribution is 2.31. The number of aromatic nitrogens is 2. The van der Waals surface area contributed by atoms with Crippen LogP contribution < -0.4 is 15.6 Å². The van der Waals surface area contributed by atoms with E-state index in [4.69, 9.17) is 0 Å². The number of rotatable bonds is 6. The molecule has 0 fully saturated rings. The normalized spacial score (nSPS) is 12.8. The molecule has 1 unspecified atom stereocenters. The molecular weight excluding hydrogens is 484 g/mol. The van der Waals surface area contributed by atoms with E-state index in [-0.39, 0.29) is 21.6 Å². The average molecular weight is 504 g/mol. The molecule has 14 heteroatoms. The predicted octanol–water partition coefficient (Wildman–Crippen LogP) is 2.29. The molecule has 0 aliphatic carbocycles. The highest BCUT2D eigenvalue weighted by atomic mass is 32.2. The molecule has 0 saturated carbocycles. The molecule has 0 radical (unpaired) electrons. The van der Waals surface area contributed by atoms with Crippen LogP contribution >= 0.6 is 0 Å². The smallest absolute Gasteiger partial charge is 0.292 e. The maximum absolute atomic E-state index is 14.9. The minimum absolute atomic E-state index is 0.0553. The lowest BCUT2D eigenvalue weighted by Gasteiger charge is -2.26. The van der Waals surface area contributed by atoms with Crippen LogP contribution in [0.25, 0.3) is 5.69 Å². The zero-order chi connectivity index (χ0) is 26.2. The minimum atomic E-state index is -5.06. The van der Waals surface area contributed by atoms with Gasteiger partial charge in [0.15, 0.2) is 0 Å². The van der Waals surface area contributed by atoms with E-state index < -0.39 is 73.5 Å². The van der Waals surface area contributed by atoms with Gasteiger partial charge in [0.2, 0.25) is 15.9 Å². The molecule has 34 heavy (non-hydrogen) atoms. The molecule has 0 saturated heterocycles. The number of amides is 1. The van der Waals surface area contributed by atoms with Crippen molar-refractivity contribution in [1.29, 1.82) is 5.26 Å². The Hall–Kier alpha value is -3.47. The van der Waals surface area contributed by atoms with Crippen LogP contribution in [0.4, 0.5) is 23.2 Å². The molecule has 2 aromatic rings. The van der Waals surface area contributed by atoms with Crippen LogP contribution in [0.5, 0.6) is 0 Å². The quantitative estimate of drug-likeness (QED) is 0.557. The second-order valence-corrected chi connectivity index (χ2v) is 9.39. The maximum atomic E-state index is 14.9. The number of nitriles is 1. The van der Waals surface area contributed by atoms with Crippen molar-refractivity contribution >= 4 is 21.6 Å². The summed E-state index contributed by atoms with van der Waals surface area (Å²) < 4.78 is 80.2. The van der Waals surface area contributed by atoms with Gasteiger partial charge in [-0.05, 0) is 25.5 Å². The number of hydrogen-bond donors (Lipinski definition) is 0. The van der Waals surface area contributed by atoms with Gasteiger partial charge in [-0.2, -0.15) is 18.4 Å². The van der Waals surface area contributed by atoms with Gasteiger partial charge in [-0.3, -0.25) is 14.2 Å². The van der Waals surface area contributed by atoms with E-state index in [1.54, 1.807) is 13.0 Å². The number of anilines is 1. The van der Waals surface area contributed by atoms with Gasteiger partial charge in [0.25, 0.3) is 5.56 Å². The molecule has 1 aromatic heterocycles. The summed E-state index contributed by atoms with van der Waals surface area (Å²) >= 11 is 0. The highest BCUT2D eigenvalue weighted by molar-refractivity contribution is 7.93. The van der Waals surface area contributed by atoms with E-state index in [1.807, 2.05) is 0 Å². The highest BCUT2D eigenvalue weighted by Gasteiger charge is 2.36. The topological polar surface area (TPSA) is 122 Å². The molecule has 1 atom stereocenters. The van der Waals surface area contributed by atoms with Crippen LogP contribution in [0.1, 0.15) is 38.4 Å². The van der Waals surface area contributed by atoms with Crippen LogP contribution in [0.3, 0.4) is 0 Å². The molecule has 184 valence electrons. The standard InChI is InChI=1S/C20H20F4N4O5S/c1-5-11(3)18(30)28(34(32,33)6-2)14-8-15(13(21)7-12(14)10-25)27-17(29)9-16(20(22,23)24)26(4)19(27)31/h7-9,11H,5-6H2,1-4H3. The lowest BCUT2D eigenvalue weighted by atomic mass is 10.1. The Kier molecular flexibility index (Phi) is 7.41. The van der Waals surface area contributed by atoms with Gasteiger partial charge in [0.05, 0.1) is 22.7 Å². The summed E-state index contributed by atoms with van der Waals surface area (Å²) in [5.41, 5.74) is -6.89. The minimum Gasteiger partial charge on any atom is -0.292 e. The lowest BCUT2D eigenvalue weighted by molar-refractivity contribution is -0.144. The first-order valence-electron chi connectivity index (χ1n) is 9.83.